The predicted molar refractivity (Wildman–Crippen MR) is 97.2 cm³/mol. The number of rotatable bonds is 4. The Bertz CT molecular complexity index is 705. The van der Waals surface area contributed by atoms with E-state index in [0.717, 1.165) is 69.1 Å². The van der Waals surface area contributed by atoms with E-state index in [-0.39, 0.29) is 6.03 Å². The summed E-state index contributed by atoms with van der Waals surface area (Å²) in [5, 5.41) is 2.96. The zero-order chi connectivity index (χ0) is 17.1. The molecule has 0 radical (unpaired) electrons. The molecule has 2 aliphatic heterocycles. The van der Waals surface area contributed by atoms with Crippen LogP contribution in [0.5, 0.6) is 0 Å². The zero-order valence-electron chi connectivity index (χ0n) is 14.5. The topological polar surface area (TPSA) is 48.7 Å². The minimum Gasteiger partial charge on any atom is -0.460 e. The fraction of sp³-hybridized carbons (Fsp3) is 0.450. The molecule has 2 amide bonds. The van der Waals surface area contributed by atoms with Crippen LogP contribution in [-0.4, -0.2) is 48.1 Å². The van der Waals surface area contributed by atoms with Gasteiger partial charge in [-0.2, -0.15) is 0 Å². The van der Waals surface area contributed by atoms with Crippen molar-refractivity contribution >= 4 is 6.03 Å². The first-order valence-corrected chi connectivity index (χ1v) is 9.20. The van der Waals surface area contributed by atoms with Gasteiger partial charge in [0.2, 0.25) is 0 Å². The number of nitrogens with one attached hydrogen (secondary N) is 1. The van der Waals surface area contributed by atoms with Crippen LogP contribution in [0.2, 0.25) is 0 Å². The SMILES string of the molecule is O=C1NCCCN1C1CCN(Cc2ccc(-c3ccccc3)o2)CC1. The number of furan rings is 1. The highest BCUT2D eigenvalue weighted by Gasteiger charge is 2.29. The maximum atomic E-state index is 12.0. The van der Waals surface area contributed by atoms with Gasteiger partial charge in [-0.3, -0.25) is 4.90 Å². The van der Waals surface area contributed by atoms with Crippen LogP contribution >= 0.6 is 0 Å². The molecule has 2 fully saturated rings. The highest BCUT2D eigenvalue weighted by Crippen LogP contribution is 2.24. The zero-order valence-corrected chi connectivity index (χ0v) is 14.5. The first-order chi connectivity index (χ1) is 12.3. The molecule has 0 bridgehead atoms. The summed E-state index contributed by atoms with van der Waals surface area (Å²) in [5.74, 6) is 1.93. The van der Waals surface area contributed by atoms with E-state index in [4.69, 9.17) is 4.42 Å². The molecule has 0 unspecified atom stereocenters. The normalized spacial score (nSPS) is 19.8. The Morgan fingerprint density at radius 3 is 2.60 bits per heavy atom. The molecule has 4 rings (SSSR count). The molecule has 2 saturated heterocycles. The van der Waals surface area contributed by atoms with Crippen LogP contribution in [0.25, 0.3) is 11.3 Å². The van der Waals surface area contributed by atoms with Gasteiger partial charge < -0.3 is 14.6 Å². The van der Waals surface area contributed by atoms with Crippen molar-refractivity contribution in [1.29, 1.82) is 0 Å². The number of piperidine rings is 1. The first kappa shape index (κ1) is 16.2. The molecular weight excluding hydrogens is 314 g/mol. The lowest BCUT2D eigenvalue weighted by Crippen LogP contribution is -2.54. The quantitative estimate of drug-likeness (QED) is 0.929. The average Bonchev–Trinajstić information content (AvgIpc) is 3.12. The van der Waals surface area contributed by atoms with Crippen LogP contribution < -0.4 is 5.32 Å². The minimum atomic E-state index is 0.114. The summed E-state index contributed by atoms with van der Waals surface area (Å²) in [6, 6.07) is 14.8. The van der Waals surface area contributed by atoms with Gasteiger partial charge in [0.1, 0.15) is 11.5 Å². The number of hydrogen-bond donors (Lipinski definition) is 1. The predicted octanol–water partition coefficient (Wildman–Crippen LogP) is 3.33. The second-order valence-corrected chi connectivity index (χ2v) is 6.92. The van der Waals surface area contributed by atoms with Gasteiger partial charge in [-0.1, -0.05) is 30.3 Å². The molecule has 0 saturated carbocycles. The van der Waals surface area contributed by atoms with Gasteiger partial charge in [0, 0.05) is 37.8 Å². The van der Waals surface area contributed by atoms with Crippen molar-refractivity contribution in [2.24, 2.45) is 0 Å². The van der Waals surface area contributed by atoms with E-state index in [9.17, 15) is 4.79 Å². The minimum absolute atomic E-state index is 0.114. The van der Waals surface area contributed by atoms with Crippen LogP contribution in [0, 0.1) is 0 Å². The van der Waals surface area contributed by atoms with Crippen molar-refractivity contribution < 1.29 is 9.21 Å². The molecule has 1 aromatic carbocycles. The van der Waals surface area contributed by atoms with Gasteiger partial charge >= 0.3 is 6.03 Å². The summed E-state index contributed by atoms with van der Waals surface area (Å²) in [5.41, 5.74) is 1.11. The summed E-state index contributed by atoms with van der Waals surface area (Å²) in [7, 11) is 0. The fourth-order valence-corrected chi connectivity index (χ4v) is 3.83. The average molecular weight is 339 g/mol. The maximum absolute atomic E-state index is 12.0. The summed E-state index contributed by atoms with van der Waals surface area (Å²) in [4.78, 5) is 16.4. The molecule has 5 heteroatoms. The molecule has 3 heterocycles. The highest BCUT2D eigenvalue weighted by molar-refractivity contribution is 5.75. The number of carbonyl (C=O) groups excluding carboxylic acids is 1. The highest BCUT2D eigenvalue weighted by atomic mass is 16.3. The fourth-order valence-electron chi connectivity index (χ4n) is 3.83. The van der Waals surface area contributed by atoms with Crippen LogP contribution in [-0.2, 0) is 6.54 Å². The largest absolute Gasteiger partial charge is 0.460 e. The van der Waals surface area contributed by atoms with Crippen LogP contribution in [0.4, 0.5) is 4.79 Å². The molecule has 2 aromatic rings. The van der Waals surface area contributed by atoms with Crippen molar-refractivity contribution in [2.75, 3.05) is 26.2 Å². The van der Waals surface area contributed by atoms with E-state index < -0.39 is 0 Å². The Morgan fingerprint density at radius 1 is 1.04 bits per heavy atom. The molecule has 0 spiro atoms. The van der Waals surface area contributed by atoms with Gasteiger partial charge in [0.25, 0.3) is 0 Å². The Labute approximate surface area is 148 Å². The third-order valence-corrected chi connectivity index (χ3v) is 5.21. The molecule has 132 valence electrons. The van der Waals surface area contributed by atoms with Gasteiger partial charge in [-0.25, -0.2) is 4.79 Å². The van der Waals surface area contributed by atoms with E-state index in [2.05, 4.69) is 34.5 Å². The van der Waals surface area contributed by atoms with Crippen molar-refractivity contribution in [2.45, 2.75) is 31.8 Å². The summed E-state index contributed by atoms with van der Waals surface area (Å²) in [6.45, 7) is 4.57. The number of urea groups is 1. The number of benzene rings is 1. The number of carbonyl (C=O) groups is 1. The third kappa shape index (κ3) is 3.71. The van der Waals surface area contributed by atoms with Gasteiger partial charge in [-0.05, 0) is 31.4 Å². The van der Waals surface area contributed by atoms with E-state index in [1.165, 1.54) is 0 Å². The van der Waals surface area contributed by atoms with Crippen LogP contribution in [0.3, 0.4) is 0 Å². The molecule has 0 atom stereocenters. The van der Waals surface area contributed by atoms with E-state index >= 15 is 0 Å². The Morgan fingerprint density at radius 2 is 1.84 bits per heavy atom. The third-order valence-electron chi connectivity index (χ3n) is 5.21. The molecule has 1 N–H and O–H groups in total. The summed E-state index contributed by atoms with van der Waals surface area (Å²) >= 11 is 0. The van der Waals surface area contributed by atoms with Crippen molar-refractivity contribution in [3.8, 4) is 11.3 Å². The smallest absolute Gasteiger partial charge is 0.317 e. The molecule has 0 aliphatic carbocycles. The molecule has 1 aromatic heterocycles. The lowest BCUT2D eigenvalue weighted by molar-refractivity contribution is 0.106. The van der Waals surface area contributed by atoms with Crippen molar-refractivity contribution in [3.63, 3.8) is 0 Å². The van der Waals surface area contributed by atoms with Gasteiger partial charge in [0.15, 0.2) is 0 Å². The summed E-state index contributed by atoms with van der Waals surface area (Å²) < 4.78 is 6.02. The number of amides is 2. The molecule has 2 aliphatic rings. The Hall–Kier alpha value is -2.27. The summed E-state index contributed by atoms with van der Waals surface area (Å²) in [6.07, 6.45) is 3.14. The lowest BCUT2D eigenvalue weighted by atomic mass is 10.0. The lowest BCUT2D eigenvalue weighted by Gasteiger charge is -2.40. The maximum Gasteiger partial charge on any atom is 0.317 e. The monoisotopic (exact) mass is 339 g/mol. The Kier molecular flexibility index (Phi) is 4.74. The number of likely N-dealkylation sites (tertiary alicyclic amines) is 1. The van der Waals surface area contributed by atoms with Crippen LogP contribution in [0.1, 0.15) is 25.0 Å². The first-order valence-electron chi connectivity index (χ1n) is 9.20. The standard InChI is InChI=1S/C20H25N3O2/c24-20-21-11-4-12-23(20)17-9-13-22(14-10-17)15-18-7-8-19(25-18)16-5-2-1-3-6-16/h1-3,5-8,17H,4,9-15H2,(H,21,24). The van der Waals surface area contributed by atoms with E-state index in [1.54, 1.807) is 0 Å². The van der Waals surface area contributed by atoms with Gasteiger partial charge in [-0.15, -0.1) is 0 Å². The van der Waals surface area contributed by atoms with Gasteiger partial charge in [0.05, 0.1) is 6.54 Å². The second-order valence-electron chi connectivity index (χ2n) is 6.92. The van der Waals surface area contributed by atoms with E-state index in [0.29, 0.717) is 6.04 Å². The number of nitrogens with zero attached hydrogens (tertiary/aromatic N) is 2. The van der Waals surface area contributed by atoms with E-state index in [1.807, 2.05) is 23.1 Å². The van der Waals surface area contributed by atoms with Crippen molar-refractivity contribution in [1.82, 2.24) is 15.1 Å². The molecule has 25 heavy (non-hydrogen) atoms. The number of hydrogen-bond acceptors (Lipinski definition) is 3. The molecular formula is C20H25N3O2. The Balaban J connectivity index is 1.32. The van der Waals surface area contributed by atoms with Crippen LogP contribution in [0.15, 0.2) is 46.9 Å². The second kappa shape index (κ2) is 7.31. The molecule has 5 nitrogen and oxygen atoms in total. The van der Waals surface area contributed by atoms with Crippen molar-refractivity contribution in [3.05, 3.63) is 48.2 Å².